The van der Waals surface area contributed by atoms with E-state index in [1.54, 1.807) is 6.07 Å². The number of fused-ring (bicyclic) bond motifs is 1. The van der Waals surface area contributed by atoms with E-state index in [4.69, 9.17) is 9.72 Å². The number of rotatable bonds is 10. The van der Waals surface area contributed by atoms with E-state index >= 15 is 0 Å². The molecular formula is C29H39N5O4. The molecule has 4 heterocycles. The molecule has 0 radical (unpaired) electrons. The first-order chi connectivity index (χ1) is 18.6. The highest BCUT2D eigenvalue weighted by Gasteiger charge is 2.27. The Balaban J connectivity index is 1.10. The van der Waals surface area contributed by atoms with Gasteiger partial charge in [-0.1, -0.05) is 18.2 Å². The first kappa shape index (κ1) is 26.4. The number of pyridine rings is 1. The number of ether oxygens (including phenoxy) is 1. The van der Waals surface area contributed by atoms with Crippen LogP contribution in [0.4, 0.5) is 11.5 Å². The van der Waals surface area contributed by atoms with Crippen LogP contribution in [0.25, 0.3) is 0 Å². The first-order valence-electron chi connectivity index (χ1n) is 14.0. The van der Waals surface area contributed by atoms with E-state index in [0.717, 1.165) is 62.5 Å². The molecule has 1 aromatic heterocycles. The molecule has 0 spiro atoms. The smallest absolute Gasteiger partial charge is 0.326 e. The monoisotopic (exact) mass is 521 g/mol. The van der Waals surface area contributed by atoms with E-state index in [1.807, 2.05) is 18.2 Å². The summed E-state index contributed by atoms with van der Waals surface area (Å²) in [5.74, 6) is 0.297. The number of morpholine rings is 1. The van der Waals surface area contributed by atoms with Crippen LogP contribution in [0.2, 0.25) is 0 Å². The maximum absolute atomic E-state index is 13.1. The number of aryl methyl sites for hydroxylation is 2. The Kier molecular flexibility index (Phi) is 8.75. The van der Waals surface area contributed by atoms with Gasteiger partial charge in [0.15, 0.2) is 0 Å². The molecule has 5 rings (SSSR count). The third-order valence-electron chi connectivity index (χ3n) is 7.97. The van der Waals surface area contributed by atoms with Crippen LogP contribution < -0.4 is 15.5 Å². The predicted molar refractivity (Wildman–Crippen MR) is 147 cm³/mol. The Morgan fingerprint density at radius 1 is 1.16 bits per heavy atom. The number of nitrogens with one attached hydrogen (secondary N) is 2. The summed E-state index contributed by atoms with van der Waals surface area (Å²) in [7, 11) is 0. The normalized spacial score (nSPS) is 20.4. The Bertz CT molecular complexity index is 1120. The number of carbonyl (C=O) groups excluding carboxylic acids is 1. The molecule has 9 nitrogen and oxygen atoms in total. The lowest BCUT2D eigenvalue weighted by Crippen LogP contribution is -2.44. The zero-order chi connectivity index (χ0) is 26.3. The zero-order valence-electron chi connectivity index (χ0n) is 22.0. The van der Waals surface area contributed by atoms with E-state index < -0.39 is 12.0 Å². The highest BCUT2D eigenvalue weighted by atomic mass is 16.5. The van der Waals surface area contributed by atoms with E-state index in [9.17, 15) is 14.7 Å². The number of aromatic nitrogens is 1. The van der Waals surface area contributed by atoms with Crippen molar-refractivity contribution in [3.05, 3.63) is 53.2 Å². The maximum Gasteiger partial charge on any atom is 0.326 e. The zero-order valence-corrected chi connectivity index (χ0v) is 22.0. The average Bonchev–Trinajstić information content (AvgIpc) is 3.42. The summed E-state index contributed by atoms with van der Waals surface area (Å²) >= 11 is 0. The Hall–Kier alpha value is -3.17. The first-order valence-corrected chi connectivity index (χ1v) is 14.0. The molecule has 38 heavy (non-hydrogen) atoms. The van der Waals surface area contributed by atoms with Gasteiger partial charge >= 0.3 is 5.97 Å². The molecule has 3 aliphatic heterocycles. The van der Waals surface area contributed by atoms with Crippen LogP contribution in [0.5, 0.6) is 0 Å². The van der Waals surface area contributed by atoms with Gasteiger partial charge in [0.25, 0.3) is 5.91 Å². The van der Waals surface area contributed by atoms with Crippen LogP contribution in [0, 0.1) is 5.92 Å². The van der Waals surface area contributed by atoms with Crippen molar-refractivity contribution in [2.45, 2.75) is 44.6 Å². The fourth-order valence-electron chi connectivity index (χ4n) is 5.76. The number of hydrogen-bond acceptors (Lipinski definition) is 7. The highest BCUT2D eigenvalue weighted by Crippen LogP contribution is 2.25. The Morgan fingerprint density at radius 3 is 2.84 bits per heavy atom. The number of benzene rings is 1. The number of amides is 1. The lowest BCUT2D eigenvalue weighted by molar-refractivity contribution is -0.139. The summed E-state index contributed by atoms with van der Waals surface area (Å²) < 4.78 is 5.43. The van der Waals surface area contributed by atoms with Gasteiger partial charge in [0.05, 0.1) is 18.8 Å². The van der Waals surface area contributed by atoms with Crippen LogP contribution in [0.3, 0.4) is 0 Å². The number of carbonyl (C=O) groups is 2. The minimum Gasteiger partial charge on any atom is -0.480 e. The highest BCUT2D eigenvalue weighted by molar-refractivity contribution is 6.01. The number of likely N-dealkylation sites (tertiary alicyclic amines) is 1. The quantitative estimate of drug-likeness (QED) is 0.438. The number of carboxylic acids is 1. The Morgan fingerprint density at radius 2 is 2.00 bits per heavy atom. The van der Waals surface area contributed by atoms with Crippen molar-refractivity contribution in [1.82, 2.24) is 15.2 Å². The molecule has 0 aliphatic carbocycles. The number of carboxylic acid groups (broad SMARTS) is 1. The second-order valence-electron chi connectivity index (χ2n) is 10.6. The van der Waals surface area contributed by atoms with Gasteiger partial charge in [-0.3, -0.25) is 4.79 Å². The molecule has 9 heteroatoms. The average molecular weight is 522 g/mol. The van der Waals surface area contributed by atoms with Gasteiger partial charge in [-0.15, -0.1) is 0 Å². The predicted octanol–water partition coefficient (Wildman–Crippen LogP) is 2.80. The second-order valence-corrected chi connectivity index (χ2v) is 10.6. The van der Waals surface area contributed by atoms with E-state index in [-0.39, 0.29) is 5.91 Å². The van der Waals surface area contributed by atoms with Gasteiger partial charge in [-0.25, -0.2) is 9.78 Å². The van der Waals surface area contributed by atoms with Crippen molar-refractivity contribution < 1.29 is 19.4 Å². The number of aliphatic carboxylic acids is 1. The van der Waals surface area contributed by atoms with Crippen LogP contribution in [-0.2, 0) is 22.4 Å². The molecule has 2 aromatic rings. The fourth-order valence-corrected chi connectivity index (χ4v) is 5.76. The molecule has 2 atom stereocenters. The van der Waals surface area contributed by atoms with Crippen molar-refractivity contribution in [3.8, 4) is 0 Å². The largest absolute Gasteiger partial charge is 0.480 e. The number of anilines is 2. The summed E-state index contributed by atoms with van der Waals surface area (Å²) in [4.78, 5) is 34.4. The molecule has 0 unspecified atom stereocenters. The molecule has 0 bridgehead atoms. The number of hydrogen-bond donors (Lipinski definition) is 3. The molecule has 2 fully saturated rings. The molecule has 3 N–H and O–H groups in total. The van der Waals surface area contributed by atoms with E-state index in [2.05, 4.69) is 32.6 Å². The van der Waals surface area contributed by atoms with Crippen LogP contribution in [0.1, 0.15) is 47.3 Å². The van der Waals surface area contributed by atoms with E-state index in [1.165, 1.54) is 12.0 Å². The lowest BCUT2D eigenvalue weighted by atomic mass is 10.00. The standard InChI is InChI=1S/C29H39N5O4/c35-28(24-5-1-2-6-26(24)34-16-18-38-19-17-34)32-25(29(36)37)12-15-33-14-11-21(20-33)7-9-23-10-8-22-4-3-13-30-27(22)31-23/h1-2,5-6,8,10,21,25H,3-4,7,9,11-20H2,(H,30,31)(H,32,35)(H,36,37)/t21-,25-/m0/s1. The van der Waals surface area contributed by atoms with Crippen LogP contribution >= 0.6 is 0 Å². The SMILES string of the molecule is O=C(N[C@@H](CCN1CC[C@H](CCc2ccc3c(n2)NCCC3)C1)C(=O)O)c1ccccc1N1CCOCC1. The maximum atomic E-state index is 13.1. The van der Waals surface area contributed by atoms with Crippen molar-refractivity contribution in [2.75, 3.05) is 62.7 Å². The molecule has 0 saturated carbocycles. The van der Waals surface area contributed by atoms with Gasteiger partial charge in [-0.05, 0) is 74.8 Å². The molecule has 2 saturated heterocycles. The lowest BCUT2D eigenvalue weighted by Gasteiger charge is -2.30. The molecule has 1 aromatic carbocycles. The van der Waals surface area contributed by atoms with Gasteiger partial charge in [0.1, 0.15) is 11.9 Å². The summed E-state index contributed by atoms with van der Waals surface area (Å²) in [5.41, 5.74) is 3.79. The Labute approximate surface area is 224 Å². The van der Waals surface area contributed by atoms with Crippen molar-refractivity contribution in [2.24, 2.45) is 5.92 Å². The minimum absolute atomic E-state index is 0.342. The van der Waals surface area contributed by atoms with Gasteiger partial charge in [0, 0.05) is 44.1 Å². The van der Waals surface area contributed by atoms with Crippen molar-refractivity contribution in [1.29, 1.82) is 0 Å². The molecule has 1 amide bonds. The summed E-state index contributed by atoms with van der Waals surface area (Å²) in [6, 6.07) is 10.8. The van der Waals surface area contributed by atoms with Gasteiger partial charge < -0.3 is 30.3 Å². The molecule has 204 valence electrons. The molecular weight excluding hydrogens is 482 g/mol. The van der Waals surface area contributed by atoms with Gasteiger partial charge in [0.2, 0.25) is 0 Å². The third-order valence-corrected chi connectivity index (χ3v) is 7.97. The van der Waals surface area contributed by atoms with Crippen molar-refractivity contribution in [3.63, 3.8) is 0 Å². The number of para-hydroxylation sites is 1. The van der Waals surface area contributed by atoms with Crippen LogP contribution in [0.15, 0.2) is 36.4 Å². The summed E-state index contributed by atoms with van der Waals surface area (Å²) in [5, 5.41) is 16.0. The van der Waals surface area contributed by atoms with Crippen molar-refractivity contribution >= 4 is 23.4 Å². The summed E-state index contributed by atoms with van der Waals surface area (Å²) in [6.45, 7) is 6.23. The topological polar surface area (TPSA) is 107 Å². The second kappa shape index (κ2) is 12.6. The van der Waals surface area contributed by atoms with Gasteiger partial charge in [-0.2, -0.15) is 0 Å². The fraction of sp³-hybridized carbons (Fsp3) is 0.552. The van der Waals surface area contributed by atoms with Crippen LogP contribution in [-0.4, -0.2) is 85.4 Å². The molecule has 3 aliphatic rings. The van der Waals surface area contributed by atoms with E-state index in [0.29, 0.717) is 50.8 Å². The minimum atomic E-state index is -0.995. The third kappa shape index (κ3) is 6.63. The summed E-state index contributed by atoms with van der Waals surface area (Å²) in [6.07, 6.45) is 5.81. The number of nitrogens with zero attached hydrogens (tertiary/aromatic N) is 3.